The minimum Gasteiger partial charge on any atom is -0.310 e. The van der Waals surface area contributed by atoms with Crippen molar-refractivity contribution in [3.05, 3.63) is 35.6 Å². The van der Waals surface area contributed by atoms with E-state index in [2.05, 4.69) is 17.3 Å². The van der Waals surface area contributed by atoms with Crippen LogP contribution >= 0.6 is 0 Å². The second-order valence-electron chi connectivity index (χ2n) is 5.83. The van der Waals surface area contributed by atoms with Crippen molar-refractivity contribution in [1.82, 2.24) is 10.2 Å². The van der Waals surface area contributed by atoms with Gasteiger partial charge in [-0.3, -0.25) is 0 Å². The molecule has 98 valence electrons. The van der Waals surface area contributed by atoms with Gasteiger partial charge >= 0.3 is 0 Å². The van der Waals surface area contributed by atoms with E-state index in [4.69, 9.17) is 0 Å². The van der Waals surface area contributed by atoms with Crippen LogP contribution in [-0.2, 0) is 0 Å². The van der Waals surface area contributed by atoms with Crippen LogP contribution in [-0.4, -0.2) is 37.1 Å². The van der Waals surface area contributed by atoms with Crippen LogP contribution in [0.3, 0.4) is 0 Å². The monoisotopic (exact) mass is 248 g/mol. The molecule has 2 aliphatic rings. The molecule has 18 heavy (non-hydrogen) atoms. The quantitative estimate of drug-likeness (QED) is 0.883. The predicted octanol–water partition coefficient (Wildman–Crippen LogP) is 2.37. The van der Waals surface area contributed by atoms with E-state index in [0.29, 0.717) is 18.0 Å². The molecule has 0 radical (unpaired) electrons. The summed E-state index contributed by atoms with van der Waals surface area (Å²) in [7, 11) is 2.18. The second-order valence-corrected chi connectivity index (χ2v) is 5.83. The van der Waals surface area contributed by atoms with Crippen molar-refractivity contribution in [2.24, 2.45) is 0 Å². The normalized spacial score (nSPS) is 32.4. The summed E-state index contributed by atoms with van der Waals surface area (Å²) in [5.41, 5.74) is 1.29. The molecule has 3 rings (SSSR count). The minimum absolute atomic E-state index is 0.137. The molecule has 1 unspecified atom stereocenters. The number of likely N-dealkylation sites (tertiary alicyclic amines) is 1. The van der Waals surface area contributed by atoms with Gasteiger partial charge in [-0.05, 0) is 56.5 Å². The molecule has 2 nitrogen and oxygen atoms in total. The van der Waals surface area contributed by atoms with Crippen LogP contribution in [0.1, 0.15) is 30.7 Å². The van der Waals surface area contributed by atoms with Crippen LogP contribution in [0.25, 0.3) is 0 Å². The van der Waals surface area contributed by atoms with Crippen LogP contribution < -0.4 is 5.32 Å². The van der Waals surface area contributed by atoms with Crippen molar-refractivity contribution in [2.75, 3.05) is 20.1 Å². The van der Waals surface area contributed by atoms with Crippen molar-refractivity contribution >= 4 is 0 Å². The molecule has 0 spiro atoms. The van der Waals surface area contributed by atoms with Gasteiger partial charge in [0.2, 0.25) is 0 Å². The summed E-state index contributed by atoms with van der Waals surface area (Å²) in [5, 5.41) is 3.74. The molecule has 1 atom stereocenters. The number of benzene rings is 1. The van der Waals surface area contributed by atoms with Crippen LogP contribution in [0.15, 0.2) is 24.3 Å². The first-order chi connectivity index (χ1) is 8.70. The van der Waals surface area contributed by atoms with E-state index in [1.54, 1.807) is 12.1 Å². The first-order valence-corrected chi connectivity index (χ1v) is 6.91. The highest BCUT2D eigenvalue weighted by molar-refractivity contribution is 5.23. The van der Waals surface area contributed by atoms with Gasteiger partial charge in [0.15, 0.2) is 0 Å². The molecule has 1 aromatic carbocycles. The van der Waals surface area contributed by atoms with E-state index in [9.17, 15) is 4.39 Å². The van der Waals surface area contributed by atoms with Gasteiger partial charge in [-0.15, -0.1) is 0 Å². The standard InChI is InChI=1S/C15H21FN2/c1-18-7-6-14(10-18)17-15-8-12(9-15)11-2-4-13(16)5-3-11/h2-5,12,14-15,17H,6-10H2,1H3. The van der Waals surface area contributed by atoms with E-state index in [1.807, 2.05) is 12.1 Å². The van der Waals surface area contributed by atoms with E-state index < -0.39 is 0 Å². The summed E-state index contributed by atoms with van der Waals surface area (Å²) in [5.74, 6) is 0.490. The van der Waals surface area contributed by atoms with Gasteiger partial charge in [0, 0.05) is 18.6 Å². The zero-order chi connectivity index (χ0) is 12.5. The zero-order valence-electron chi connectivity index (χ0n) is 10.9. The maximum Gasteiger partial charge on any atom is 0.123 e. The summed E-state index contributed by atoms with van der Waals surface area (Å²) in [6.45, 7) is 2.39. The number of hydrogen-bond donors (Lipinski definition) is 1. The van der Waals surface area contributed by atoms with Crippen LogP contribution in [0.4, 0.5) is 4.39 Å². The predicted molar refractivity (Wildman–Crippen MR) is 71.2 cm³/mol. The van der Waals surface area contributed by atoms with Crippen molar-refractivity contribution in [3.63, 3.8) is 0 Å². The maximum atomic E-state index is 12.8. The fourth-order valence-corrected chi connectivity index (χ4v) is 3.17. The lowest BCUT2D eigenvalue weighted by atomic mass is 9.75. The zero-order valence-corrected chi connectivity index (χ0v) is 10.9. The summed E-state index contributed by atoms with van der Waals surface area (Å²) in [6, 6.07) is 8.34. The first kappa shape index (κ1) is 12.1. The summed E-state index contributed by atoms with van der Waals surface area (Å²) in [6.07, 6.45) is 3.67. The highest BCUT2D eigenvalue weighted by Crippen LogP contribution is 2.37. The molecular formula is C15H21FN2. The molecule has 3 heteroatoms. The van der Waals surface area contributed by atoms with Gasteiger partial charge in [-0.1, -0.05) is 12.1 Å². The number of halogens is 1. The molecule has 1 saturated carbocycles. The van der Waals surface area contributed by atoms with E-state index >= 15 is 0 Å². The van der Waals surface area contributed by atoms with Gasteiger partial charge in [0.25, 0.3) is 0 Å². The van der Waals surface area contributed by atoms with Crippen LogP contribution in [0, 0.1) is 5.82 Å². The fourth-order valence-electron chi connectivity index (χ4n) is 3.17. The van der Waals surface area contributed by atoms with E-state index in [1.165, 1.54) is 37.9 Å². The van der Waals surface area contributed by atoms with Crippen molar-refractivity contribution in [3.8, 4) is 0 Å². The third kappa shape index (κ3) is 2.57. The van der Waals surface area contributed by atoms with E-state index in [-0.39, 0.29) is 5.82 Å². The lowest BCUT2D eigenvalue weighted by molar-refractivity contribution is 0.263. The largest absolute Gasteiger partial charge is 0.310 e. The number of nitrogens with zero attached hydrogens (tertiary/aromatic N) is 1. The topological polar surface area (TPSA) is 15.3 Å². The number of nitrogens with one attached hydrogen (secondary N) is 1. The van der Waals surface area contributed by atoms with Gasteiger partial charge < -0.3 is 10.2 Å². The molecule has 1 saturated heterocycles. The summed E-state index contributed by atoms with van der Waals surface area (Å²) in [4.78, 5) is 2.38. The Kier molecular flexibility index (Phi) is 3.35. The molecule has 1 aromatic rings. The summed E-state index contributed by atoms with van der Waals surface area (Å²) < 4.78 is 12.8. The Balaban J connectivity index is 1.47. The van der Waals surface area contributed by atoms with Gasteiger partial charge in [0.05, 0.1) is 0 Å². The number of likely N-dealkylation sites (N-methyl/N-ethyl adjacent to an activating group) is 1. The molecule has 1 N–H and O–H groups in total. The van der Waals surface area contributed by atoms with Gasteiger partial charge in [-0.25, -0.2) is 4.39 Å². The molecule has 0 aromatic heterocycles. The Morgan fingerprint density at radius 2 is 1.89 bits per heavy atom. The van der Waals surface area contributed by atoms with E-state index in [0.717, 1.165) is 0 Å². The van der Waals surface area contributed by atoms with Crippen LogP contribution in [0.2, 0.25) is 0 Å². The third-order valence-corrected chi connectivity index (χ3v) is 4.34. The lowest BCUT2D eigenvalue weighted by Gasteiger charge is -2.38. The fraction of sp³-hybridized carbons (Fsp3) is 0.600. The van der Waals surface area contributed by atoms with Crippen molar-refractivity contribution in [1.29, 1.82) is 0 Å². The Hall–Kier alpha value is -0.930. The Morgan fingerprint density at radius 1 is 1.17 bits per heavy atom. The highest BCUT2D eigenvalue weighted by Gasteiger charge is 2.32. The summed E-state index contributed by atoms with van der Waals surface area (Å²) >= 11 is 0. The average molecular weight is 248 g/mol. The second kappa shape index (κ2) is 4.98. The lowest BCUT2D eigenvalue weighted by Crippen LogP contribution is -2.46. The minimum atomic E-state index is -0.137. The van der Waals surface area contributed by atoms with Crippen molar-refractivity contribution < 1.29 is 4.39 Å². The highest BCUT2D eigenvalue weighted by atomic mass is 19.1. The third-order valence-electron chi connectivity index (χ3n) is 4.34. The van der Waals surface area contributed by atoms with Crippen molar-refractivity contribution in [2.45, 2.75) is 37.3 Å². The molecule has 1 heterocycles. The average Bonchev–Trinajstić information content (AvgIpc) is 2.71. The number of rotatable bonds is 3. The molecule has 0 amide bonds. The maximum absolute atomic E-state index is 12.8. The molecule has 0 bridgehead atoms. The number of hydrogen-bond acceptors (Lipinski definition) is 2. The Labute approximate surface area is 108 Å². The SMILES string of the molecule is CN1CCC(NC2CC(c3ccc(F)cc3)C2)C1. The first-order valence-electron chi connectivity index (χ1n) is 6.91. The molecular weight excluding hydrogens is 227 g/mol. The Morgan fingerprint density at radius 3 is 2.50 bits per heavy atom. The molecule has 2 fully saturated rings. The molecule has 1 aliphatic heterocycles. The van der Waals surface area contributed by atoms with Crippen LogP contribution in [0.5, 0.6) is 0 Å². The molecule has 1 aliphatic carbocycles. The van der Waals surface area contributed by atoms with Gasteiger partial charge in [-0.2, -0.15) is 0 Å². The smallest absolute Gasteiger partial charge is 0.123 e. The van der Waals surface area contributed by atoms with Gasteiger partial charge in [0.1, 0.15) is 5.82 Å². The Bertz CT molecular complexity index is 397.